The van der Waals surface area contributed by atoms with Crippen molar-refractivity contribution < 1.29 is 49.9 Å². The van der Waals surface area contributed by atoms with Crippen molar-refractivity contribution in [3.8, 4) is 0 Å². The van der Waals surface area contributed by atoms with Crippen LogP contribution in [0.15, 0.2) is 36.4 Å². The Morgan fingerprint density at radius 3 is 2.02 bits per heavy atom. The molecule has 0 radical (unpaired) electrons. The van der Waals surface area contributed by atoms with Gasteiger partial charge >= 0.3 is 12.4 Å². The Morgan fingerprint density at radius 1 is 0.932 bits per heavy atom. The van der Waals surface area contributed by atoms with Gasteiger partial charge in [-0.25, -0.2) is 4.39 Å². The number of carbonyl (C=O) groups excluding carboxylic acids is 4. The molecule has 4 rings (SSSR count). The number of hydrogen-bond donors (Lipinski definition) is 0. The number of halogens is 7. The van der Waals surface area contributed by atoms with Crippen LogP contribution in [0.4, 0.5) is 30.7 Å². The summed E-state index contributed by atoms with van der Waals surface area (Å²) in [6, 6.07) is 5.03. The minimum atomic E-state index is -5.05. The fourth-order valence-corrected chi connectivity index (χ4v) is 5.90. The molecule has 7 nitrogen and oxygen atoms in total. The Kier molecular flexibility index (Phi) is 9.13. The Bertz CT molecular complexity index is 1420. The zero-order valence-electron chi connectivity index (χ0n) is 24.1. The van der Waals surface area contributed by atoms with Gasteiger partial charge in [0.05, 0.1) is 17.0 Å². The summed E-state index contributed by atoms with van der Waals surface area (Å²) in [6.45, 7) is 1.07. The number of alkyl halides is 6. The zero-order chi connectivity index (χ0) is 32.7. The van der Waals surface area contributed by atoms with Gasteiger partial charge in [-0.15, -0.1) is 0 Å². The molecular weight excluding hydrogens is 599 g/mol. The molecular formula is C30H30F7N3O4. The van der Waals surface area contributed by atoms with Gasteiger partial charge in [-0.05, 0) is 60.4 Å². The molecule has 2 unspecified atom stereocenters. The van der Waals surface area contributed by atoms with Crippen LogP contribution in [0.25, 0.3) is 0 Å². The number of rotatable bonds is 5. The Morgan fingerprint density at radius 2 is 1.50 bits per heavy atom. The van der Waals surface area contributed by atoms with Crippen molar-refractivity contribution >= 4 is 23.6 Å². The first-order valence-electron chi connectivity index (χ1n) is 13.7. The number of imide groups is 1. The summed E-state index contributed by atoms with van der Waals surface area (Å²) in [7, 11) is 2.59. The summed E-state index contributed by atoms with van der Waals surface area (Å²) in [5.41, 5.74) is -2.37. The smallest absolute Gasteiger partial charge is 0.342 e. The second-order valence-electron chi connectivity index (χ2n) is 11.3. The van der Waals surface area contributed by atoms with E-state index in [0.29, 0.717) is 23.3 Å². The SMILES string of the molecule is Cc1cc(F)ccc1C1CN(C(=O)C2CC(=O)N(C)C(=O)C2)CCC1C(=O)N(C)Cc1cc(C(F)(F)F)cc(C(F)(F)F)c1. The number of hydrogen-bond acceptors (Lipinski definition) is 4. The quantitative estimate of drug-likeness (QED) is 0.339. The van der Waals surface area contributed by atoms with Crippen LogP contribution in [0, 0.1) is 24.6 Å². The number of carbonyl (C=O) groups is 4. The van der Waals surface area contributed by atoms with Crippen LogP contribution < -0.4 is 0 Å². The molecule has 0 saturated carbocycles. The van der Waals surface area contributed by atoms with E-state index in [1.54, 1.807) is 6.92 Å². The molecule has 0 aromatic heterocycles. The van der Waals surface area contributed by atoms with Gasteiger partial charge in [-0.3, -0.25) is 24.1 Å². The van der Waals surface area contributed by atoms with E-state index in [1.165, 1.54) is 37.2 Å². The lowest BCUT2D eigenvalue weighted by atomic mass is 9.77. The summed E-state index contributed by atoms with van der Waals surface area (Å²) >= 11 is 0. The van der Waals surface area contributed by atoms with Crippen molar-refractivity contribution in [2.24, 2.45) is 11.8 Å². The number of benzene rings is 2. The third-order valence-corrected chi connectivity index (χ3v) is 8.26. The molecule has 0 N–H and O–H groups in total. The molecule has 2 atom stereocenters. The lowest BCUT2D eigenvalue weighted by Gasteiger charge is -2.41. The van der Waals surface area contributed by atoms with E-state index in [-0.39, 0.29) is 44.0 Å². The number of piperidine rings is 2. The van der Waals surface area contributed by atoms with Crippen LogP contribution in [0.3, 0.4) is 0 Å². The van der Waals surface area contributed by atoms with Crippen LogP contribution in [0.5, 0.6) is 0 Å². The molecule has 0 bridgehead atoms. The van der Waals surface area contributed by atoms with Crippen LogP contribution >= 0.6 is 0 Å². The van der Waals surface area contributed by atoms with Crippen molar-refractivity contribution in [3.05, 3.63) is 70.0 Å². The highest BCUT2D eigenvalue weighted by molar-refractivity contribution is 6.01. The van der Waals surface area contributed by atoms with Crippen LogP contribution in [0.1, 0.15) is 53.0 Å². The highest BCUT2D eigenvalue weighted by Crippen LogP contribution is 2.39. The van der Waals surface area contributed by atoms with Crippen molar-refractivity contribution in [1.82, 2.24) is 14.7 Å². The first-order valence-corrected chi connectivity index (χ1v) is 13.7. The van der Waals surface area contributed by atoms with E-state index in [4.69, 9.17) is 0 Å². The summed E-state index contributed by atoms with van der Waals surface area (Å²) in [5.74, 6) is -5.03. The van der Waals surface area contributed by atoms with Gasteiger partial charge in [-0.2, -0.15) is 26.3 Å². The maximum absolute atomic E-state index is 14.0. The van der Waals surface area contributed by atoms with Crippen molar-refractivity contribution in [1.29, 1.82) is 0 Å². The topological polar surface area (TPSA) is 78.0 Å². The van der Waals surface area contributed by atoms with Gasteiger partial charge in [0, 0.05) is 58.4 Å². The van der Waals surface area contributed by atoms with Crippen LogP contribution in [0.2, 0.25) is 0 Å². The summed E-state index contributed by atoms with van der Waals surface area (Å²) < 4.78 is 94.2. The van der Waals surface area contributed by atoms with E-state index in [1.807, 2.05) is 0 Å². The highest BCUT2D eigenvalue weighted by atomic mass is 19.4. The second-order valence-corrected chi connectivity index (χ2v) is 11.3. The molecule has 0 aliphatic carbocycles. The number of aryl methyl sites for hydroxylation is 1. The van der Waals surface area contributed by atoms with Crippen molar-refractivity contribution in [2.75, 3.05) is 27.2 Å². The predicted molar refractivity (Wildman–Crippen MR) is 142 cm³/mol. The maximum Gasteiger partial charge on any atom is 0.416 e. The number of amides is 4. The minimum absolute atomic E-state index is 0.0108. The van der Waals surface area contributed by atoms with Crippen LogP contribution in [-0.4, -0.2) is 65.5 Å². The maximum atomic E-state index is 14.0. The predicted octanol–water partition coefficient (Wildman–Crippen LogP) is 5.16. The Hall–Kier alpha value is -3.97. The van der Waals surface area contributed by atoms with Gasteiger partial charge in [0.2, 0.25) is 23.6 Å². The average Bonchev–Trinajstić information content (AvgIpc) is 2.93. The third kappa shape index (κ3) is 7.05. The minimum Gasteiger partial charge on any atom is -0.342 e. The molecule has 44 heavy (non-hydrogen) atoms. The first kappa shape index (κ1) is 32.9. The first-order chi connectivity index (χ1) is 20.4. The monoisotopic (exact) mass is 629 g/mol. The molecule has 2 fully saturated rings. The lowest BCUT2D eigenvalue weighted by molar-refractivity contribution is -0.155. The van der Waals surface area contributed by atoms with Gasteiger partial charge in [0.25, 0.3) is 0 Å². The normalized spacial score (nSPS) is 20.2. The lowest BCUT2D eigenvalue weighted by Crippen LogP contribution is -2.51. The van der Waals surface area contributed by atoms with Gasteiger partial charge in [0.15, 0.2) is 0 Å². The zero-order valence-corrected chi connectivity index (χ0v) is 24.1. The standard InChI is InChI=1S/C30H30F7N3O4/c1-16-8-21(31)4-5-22(16)24-15-40(27(43)18-11-25(41)39(3)26(42)12-18)7-6-23(24)28(44)38(2)14-17-9-19(29(32,33)34)13-20(10-17)30(35,36)37/h4-5,8-10,13,18,23-24H,6-7,11-12,14-15H2,1-3H3. The molecule has 0 spiro atoms. The Balaban J connectivity index is 1.61. The summed E-state index contributed by atoms with van der Waals surface area (Å²) in [5, 5.41) is 0. The third-order valence-electron chi connectivity index (χ3n) is 8.26. The van der Waals surface area contributed by atoms with E-state index in [2.05, 4.69) is 0 Å². The van der Waals surface area contributed by atoms with Crippen molar-refractivity contribution in [3.63, 3.8) is 0 Å². The second kappa shape index (κ2) is 12.2. The molecule has 14 heteroatoms. The van der Waals surface area contributed by atoms with E-state index in [0.717, 1.165) is 9.80 Å². The largest absolute Gasteiger partial charge is 0.416 e. The molecule has 2 aliphatic rings. The fourth-order valence-electron chi connectivity index (χ4n) is 5.90. The summed E-state index contributed by atoms with van der Waals surface area (Å²) in [6.07, 6.45) is -10.4. The summed E-state index contributed by atoms with van der Waals surface area (Å²) in [4.78, 5) is 55.0. The molecule has 2 aromatic carbocycles. The van der Waals surface area contributed by atoms with E-state index < -0.39 is 77.2 Å². The molecule has 2 aliphatic heterocycles. The van der Waals surface area contributed by atoms with Crippen molar-refractivity contribution in [2.45, 2.75) is 51.0 Å². The average molecular weight is 630 g/mol. The Labute approximate surface area is 248 Å². The molecule has 4 amide bonds. The fraction of sp³-hybridized carbons (Fsp3) is 0.467. The van der Waals surface area contributed by atoms with Crippen LogP contribution in [-0.2, 0) is 38.1 Å². The van der Waals surface area contributed by atoms with Gasteiger partial charge < -0.3 is 9.80 Å². The number of nitrogens with zero attached hydrogens (tertiary/aromatic N) is 3. The van der Waals surface area contributed by atoms with Gasteiger partial charge in [0.1, 0.15) is 5.82 Å². The van der Waals surface area contributed by atoms with Gasteiger partial charge in [-0.1, -0.05) is 6.07 Å². The van der Waals surface area contributed by atoms with E-state index >= 15 is 0 Å². The highest BCUT2D eigenvalue weighted by Gasteiger charge is 2.43. The molecule has 2 aromatic rings. The number of likely N-dealkylation sites (tertiary alicyclic amines) is 2. The van der Waals surface area contributed by atoms with E-state index in [9.17, 15) is 49.9 Å². The molecule has 2 saturated heterocycles. The molecule has 2 heterocycles. The molecule has 238 valence electrons.